The summed E-state index contributed by atoms with van der Waals surface area (Å²) in [5.41, 5.74) is 3.01. The van der Waals surface area contributed by atoms with Crippen LogP contribution in [0.3, 0.4) is 0 Å². The van der Waals surface area contributed by atoms with E-state index in [0.717, 1.165) is 32.0 Å². The Kier molecular flexibility index (Phi) is 3.95. The first-order chi connectivity index (χ1) is 8.97. The molecule has 0 saturated carbocycles. The van der Waals surface area contributed by atoms with Gasteiger partial charge in [0.05, 0.1) is 0 Å². The van der Waals surface area contributed by atoms with E-state index in [9.17, 15) is 4.79 Å². The lowest BCUT2D eigenvalue weighted by molar-refractivity contribution is -0.136. The van der Waals surface area contributed by atoms with Crippen LogP contribution >= 0.6 is 15.9 Å². The van der Waals surface area contributed by atoms with Gasteiger partial charge in [-0.05, 0) is 52.5 Å². The average molecular weight is 323 g/mol. The first-order valence-corrected chi connectivity index (χ1v) is 6.70. The third-order valence-electron chi connectivity index (χ3n) is 3.07. The van der Waals surface area contributed by atoms with E-state index in [-0.39, 0.29) is 6.42 Å². The second-order valence-electron chi connectivity index (χ2n) is 4.43. The zero-order chi connectivity index (χ0) is 14.0. The molecule has 0 bridgehead atoms. The molecule has 0 saturated heterocycles. The second kappa shape index (κ2) is 5.48. The topological polar surface area (TPSA) is 68.9 Å². The third kappa shape index (κ3) is 3.17. The number of hydrogen-bond donors (Lipinski definition) is 3. The van der Waals surface area contributed by atoms with Crippen LogP contribution in [-0.2, 0) is 11.2 Å². The molecule has 0 radical (unpaired) electrons. The molecular weight excluding hydrogens is 308 g/mol. The number of aromatic nitrogens is 2. The molecule has 0 fully saturated rings. The van der Waals surface area contributed by atoms with Crippen molar-refractivity contribution in [1.82, 2.24) is 9.97 Å². The van der Waals surface area contributed by atoms with E-state index in [1.807, 2.05) is 25.3 Å². The van der Waals surface area contributed by atoms with Crippen molar-refractivity contribution in [2.45, 2.75) is 19.8 Å². The van der Waals surface area contributed by atoms with Gasteiger partial charge in [0.1, 0.15) is 0 Å². The zero-order valence-electron chi connectivity index (χ0n) is 10.6. The normalized spacial score (nSPS) is 12.0. The molecule has 5 heteroatoms. The molecule has 0 aliphatic rings. The maximum absolute atomic E-state index is 10.6. The molecule has 19 heavy (non-hydrogen) atoms. The fourth-order valence-corrected chi connectivity index (χ4v) is 2.42. The standard InChI is InChI=1S/C14H15BrN2O2/c1-8-12(3-4-14(18)19)9(2)17-13(8)6-11-5-10(15)7-16-11/h5-7,16-17H,2-4H2,1H3,(H,18,19). The van der Waals surface area contributed by atoms with Crippen LogP contribution in [0.15, 0.2) is 16.7 Å². The van der Waals surface area contributed by atoms with Crippen molar-refractivity contribution in [2.24, 2.45) is 0 Å². The quantitative estimate of drug-likeness (QED) is 0.801. The van der Waals surface area contributed by atoms with Gasteiger partial charge in [-0.3, -0.25) is 4.79 Å². The molecule has 100 valence electrons. The number of carboxylic acids is 1. The summed E-state index contributed by atoms with van der Waals surface area (Å²) in [6.07, 6.45) is 4.47. The van der Waals surface area contributed by atoms with Crippen LogP contribution in [0.25, 0.3) is 12.7 Å². The molecule has 0 aromatic carbocycles. The Morgan fingerprint density at radius 3 is 2.89 bits per heavy atom. The van der Waals surface area contributed by atoms with Gasteiger partial charge in [0.15, 0.2) is 0 Å². The highest BCUT2D eigenvalue weighted by Gasteiger charge is 2.07. The maximum atomic E-state index is 10.6. The SMILES string of the molecule is C=c1[nH]c(=Cc2cc(Br)c[nH]2)c(C)c1CCC(=O)O. The van der Waals surface area contributed by atoms with Crippen molar-refractivity contribution in [3.05, 3.63) is 44.3 Å². The molecule has 2 heterocycles. The summed E-state index contributed by atoms with van der Waals surface area (Å²) < 4.78 is 0.990. The van der Waals surface area contributed by atoms with Gasteiger partial charge < -0.3 is 15.1 Å². The minimum Gasteiger partial charge on any atom is -0.481 e. The van der Waals surface area contributed by atoms with Crippen molar-refractivity contribution in [3.63, 3.8) is 0 Å². The molecule has 4 nitrogen and oxygen atoms in total. The molecule has 0 amide bonds. The minimum absolute atomic E-state index is 0.120. The summed E-state index contributed by atoms with van der Waals surface area (Å²) in [7, 11) is 0. The number of hydrogen-bond acceptors (Lipinski definition) is 1. The van der Waals surface area contributed by atoms with Crippen molar-refractivity contribution >= 4 is 34.6 Å². The fraction of sp³-hybridized carbons (Fsp3) is 0.214. The van der Waals surface area contributed by atoms with Gasteiger partial charge in [0, 0.05) is 33.5 Å². The van der Waals surface area contributed by atoms with Gasteiger partial charge >= 0.3 is 5.97 Å². The molecular formula is C14H15BrN2O2. The second-order valence-corrected chi connectivity index (χ2v) is 5.35. The van der Waals surface area contributed by atoms with Crippen LogP contribution in [0, 0.1) is 6.92 Å². The highest BCUT2D eigenvalue weighted by atomic mass is 79.9. The number of aromatic amines is 2. The summed E-state index contributed by atoms with van der Waals surface area (Å²) in [6.45, 7) is 5.92. The average Bonchev–Trinajstić information content (AvgIpc) is 2.83. The van der Waals surface area contributed by atoms with Gasteiger partial charge in [-0.15, -0.1) is 0 Å². The summed E-state index contributed by atoms with van der Waals surface area (Å²) in [4.78, 5) is 17.0. The number of carbonyl (C=O) groups is 1. The molecule has 2 aromatic rings. The third-order valence-corrected chi connectivity index (χ3v) is 3.52. The predicted molar refractivity (Wildman–Crippen MR) is 78.3 cm³/mol. The van der Waals surface area contributed by atoms with Crippen LogP contribution in [0.2, 0.25) is 0 Å². The van der Waals surface area contributed by atoms with Crippen LogP contribution in [0.4, 0.5) is 0 Å². The lowest BCUT2D eigenvalue weighted by atomic mass is 10.1. The molecule has 0 aliphatic heterocycles. The van der Waals surface area contributed by atoms with E-state index in [2.05, 4.69) is 32.5 Å². The molecule has 0 unspecified atom stereocenters. The lowest BCUT2D eigenvalue weighted by Crippen LogP contribution is -2.10. The highest BCUT2D eigenvalue weighted by molar-refractivity contribution is 9.10. The first kappa shape index (κ1) is 13.7. The largest absolute Gasteiger partial charge is 0.481 e. The number of halogens is 1. The van der Waals surface area contributed by atoms with Gasteiger partial charge in [-0.2, -0.15) is 0 Å². The van der Waals surface area contributed by atoms with E-state index in [4.69, 9.17) is 5.11 Å². The van der Waals surface area contributed by atoms with E-state index in [1.54, 1.807) is 0 Å². The summed E-state index contributed by atoms with van der Waals surface area (Å²) in [5, 5.41) is 10.5. The Balaban J connectivity index is 2.38. The molecule has 0 spiro atoms. The van der Waals surface area contributed by atoms with E-state index in [0.29, 0.717) is 6.42 Å². The van der Waals surface area contributed by atoms with Crippen LogP contribution < -0.4 is 10.7 Å². The monoisotopic (exact) mass is 322 g/mol. The number of nitrogens with one attached hydrogen (secondary N) is 2. The molecule has 3 N–H and O–H groups in total. The first-order valence-electron chi connectivity index (χ1n) is 5.91. The van der Waals surface area contributed by atoms with Crippen molar-refractivity contribution < 1.29 is 9.90 Å². The molecule has 0 aliphatic carbocycles. The molecule has 2 rings (SSSR count). The maximum Gasteiger partial charge on any atom is 0.303 e. The van der Waals surface area contributed by atoms with E-state index < -0.39 is 5.97 Å². The summed E-state index contributed by atoms with van der Waals surface area (Å²) >= 11 is 3.39. The summed E-state index contributed by atoms with van der Waals surface area (Å²) in [6, 6.07) is 1.97. The van der Waals surface area contributed by atoms with Crippen LogP contribution in [-0.4, -0.2) is 21.0 Å². The van der Waals surface area contributed by atoms with Gasteiger partial charge in [0.25, 0.3) is 0 Å². The number of carboxylic acid groups (broad SMARTS) is 1. The van der Waals surface area contributed by atoms with Gasteiger partial charge in [-0.25, -0.2) is 0 Å². The van der Waals surface area contributed by atoms with Gasteiger partial charge in [0.2, 0.25) is 0 Å². The fourth-order valence-electron chi connectivity index (χ4n) is 2.06. The van der Waals surface area contributed by atoms with Crippen molar-refractivity contribution in [2.75, 3.05) is 0 Å². The van der Waals surface area contributed by atoms with Crippen molar-refractivity contribution in [1.29, 1.82) is 0 Å². The Hall–Kier alpha value is -1.75. The Labute approximate surface area is 119 Å². The smallest absolute Gasteiger partial charge is 0.303 e. The number of rotatable bonds is 4. The lowest BCUT2D eigenvalue weighted by Gasteiger charge is -1.96. The van der Waals surface area contributed by atoms with E-state index >= 15 is 0 Å². The zero-order valence-corrected chi connectivity index (χ0v) is 12.2. The Morgan fingerprint density at radius 2 is 2.32 bits per heavy atom. The molecule has 2 aromatic heterocycles. The van der Waals surface area contributed by atoms with Crippen molar-refractivity contribution in [3.8, 4) is 0 Å². The summed E-state index contributed by atoms with van der Waals surface area (Å²) in [5.74, 6) is -0.793. The number of H-pyrrole nitrogens is 2. The minimum atomic E-state index is -0.793. The van der Waals surface area contributed by atoms with Gasteiger partial charge in [-0.1, -0.05) is 6.58 Å². The Bertz CT molecular complexity index is 712. The Morgan fingerprint density at radius 1 is 1.58 bits per heavy atom. The predicted octanol–water partition coefficient (Wildman–Crippen LogP) is 1.67. The molecule has 0 atom stereocenters. The highest BCUT2D eigenvalue weighted by Crippen LogP contribution is 2.11. The van der Waals surface area contributed by atoms with Crippen LogP contribution in [0.1, 0.15) is 23.2 Å². The van der Waals surface area contributed by atoms with E-state index in [1.165, 1.54) is 0 Å². The van der Waals surface area contributed by atoms with Crippen LogP contribution in [0.5, 0.6) is 0 Å². The number of aliphatic carboxylic acids is 1.